The van der Waals surface area contributed by atoms with Crippen LogP contribution in [0.1, 0.15) is 24.7 Å². The first-order chi connectivity index (χ1) is 29.8. The molecule has 0 unspecified atom stereocenters. The van der Waals surface area contributed by atoms with Gasteiger partial charge >= 0.3 is 0 Å². The quantitative estimate of drug-likeness (QED) is 0.186. The van der Waals surface area contributed by atoms with E-state index in [9.17, 15) is 5.48 Å². The Morgan fingerprint density at radius 3 is 1.64 bits per heavy atom. The second-order valence-corrected chi connectivity index (χ2v) is 10.3. The molecule has 0 saturated carbocycles. The molecule has 0 spiro atoms. The molecule has 1 nitrogen and oxygen atoms in total. The molecule has 1 aromatic heterocycles. The van der Waals surface area contributed by atoms with Gasteiger partial charge in [-0.15, -0.1) is 0 Å². The summed E-state index contributed by atoms with van der Waals surface area (Å²) in [7, 11) is 0. The first-order valence-electron chi connectivity index (χ1n) is 23.0. The lowest BCUT2D eigenvalue weighted by molar-refractivity contribution is 0.670. The van der Waals surface area contributed by atoms with Crippen LogP contribution in [0.4, 0.5) is 0 Å². The van der Waals surface area contributed by atoms with Crippen LogP contribution in [0.5, 0.6) is 0 Å². The van der Waals surface area contributed by atoms with Gasteiger partial charge < -0.3 is 4.42 Å². The van der Waals surface area contributed by atoms with Crippen LogP contribution in [0.25, 0.3) is 88.0 Å². The van der Waals surface area contributed by atoms with Crippen LogP contribution >= 0.6 is 0 Å². The predicted octanol–water partition coefficient (Wildman–Crippen LogP) is 12.6. The number of benzene rings is 8. The fourth-order valence-corrected chi connectivity index (χ4v) is 6.03. The summed E-state index contributed by atoms with van der Waals surface area (Å²) < 4.78 is 164. The zero-order chi connectivity index (χ0) is 45.4. The molecule has 0 aliphatic carbocycles. The second kappa shape index (κ2) is 10.4. The largest absolute Gasteiger partial charge is 0.455 e. The molecule has 0 fully saturated rings. The van der Waals surface area contributed by atoms with Gasteiger partial charge in [-0.05, 0) is 78.7 Å². The molecule has 45 heavy (non-hydrogen) atoms. The zero-order valence-corrected chi connectivity index (χ0v) is 23.2. The summed E-state index contributed by atoms with van der Waals surface area (Å²) in [6, 6.07) is 5.23. The predicted molar refractivity (Wildman–Crippen MR) is 190 cm³/mol. The van der Waals surface area contributed by atoms with Gasteiger partial charge in [0.2, 0.25) is 0 Å². The van der Waals surface area contributed by atoms with Gasteiger partial charge in [0.1, 0.15) is 11.2 Å². The molecule has 8 aromatic carbocycles. The molecule has 0 bridgehead atoms. The van der Waals surface area contributed by atoms with Gasteiger partial charge in [0.25, 0.3) is 0 Å². The summed E-state index contributed by atoms with van der Waals surface area (Å²) >= 11 is 0. The Labute approximate surface area is 286 Å². The van der Waals surface area contributed by atoms with Gasteiger partial charge in [-0.1, -0.05) is 151 Å². The fraction of sp³-hybridized carbons (Fsp3) is 0. The molecular weight excluding hydrogens is 544 g/mol. The fourth-order valence-electron chi connectivity index (χ4n) is 6.03. The van der Waals surface area contributed by atoms with Crippen LogP contribution in [-0.2, 0) is 0 Å². The Bertz CT molecular complexity index is 3420. The van der Waals surface area contributed by atoms with E-state index in [0.717, 1.165) is 0 Å². The molecule has 0 atom stereocenters. The smallest absolute Gasteiger partial charge is 0.143 e. The Hall–Kier alpha value is -5.92. The summed E-state index contributed by atoms with van der Waals surface area (Å²) in [6.45, 7) is 0. The van der Waals surface area contributed by atoms with Gasteiger partial charge in [-0.25, -0.2) is 0 Å². The van der Waals surface area contributed by atoms with E-state index in [-0.39, 0.29) is 77.0 Å². The van der Waals surface area contributed by atoms with Crippen molar-refractivity contribution in [3.8, 4) is 44.5 Å². The molecule has 0 N–H and O–H groups in total. The number of hydrogen-bond acceptors (Lipinski definition) is 1. The SMILES string of the molecule is [2H]c1c([2H])c([2H])c(-c2cccc(-c3c4c([2H])c([2H])c([2H])c([2H])c4c(-c4ccc(-c5c([2H])c([2H])c([2H])c([2H])c5[2H])c5oc6ccccc6c45)c4c([2H])c([2H])c([2H])c([2H])c34)c2)c([2H])c1[2H]. The molecule has 210 valence electrons. The highest BCUT2D eigenvalue weighted by Crippen LogP contribution is 2.48. The second-order valence-electron chi connectivity index (χ2n) is 10.3. The highest BCUT2D eigenvalue weighted by Gasteiger charge is 2.22. The first-order valence-corrected chi connectivity index (χ1v) is 14.0. The number of fused-ring (bicyclic) bond motifs is 5. The van der Waals surface area contributed by atoms with Crippen molar-refractivity contribution in [2.24, 2.45) is 0 Å². The minimum atomic E-state index is -0.656. The lowest BCUT2D eigenvalue weighted by atomic mass is 9.84. The van der Waals surface area contributed by atoms with Crippen molar-refractivity contribution in [3.63, 3.8) is 0 Å². The Morgan fingerprint density at radius 2 is 0.956 bits per heavy atom. The maximum Gasteiger partial charge on any atom is 0.143 e. The Morgan fingerprint density at radius 1 is 0.400 bits per heavy atom. The summed E-state index contributed by atoms with van der Waals surface area (Å²) in [4.78, 5) is 0. The van der Waals surface area contributed by atoms with Crippen molar-refractivity contribution < 1.29 is 29.1 Å². The number of rotatable bonds is 4. The van der Waals surface area contributed by atoms with Gasteiger partial charge in [0.15, 0.2) is 0 Å². The molecule has 0 aliphatic heterocycles. The first kappa shape index (κ1) is 13.4. The van der Waals surface area contributed by atoms with E-state index in [0.29, 0.717) is 11.0 Å². The monoisotopic (exact) mass is 590 g/mol. The van der Waals surface area contributed by atoms with Crippen LogP contribution in [0.15, 0.2) is 174 Å². The van der Waals surface area contributed by atoms with Crippen LogP contribution in [0.3, 0.4) is 0 Å². The summed E-state index contributed by atoms with van der Waals surface area (Å²) in [5, 5.41) is 0.0981. The highest BCUT2D eigenvalue weighted by molar-refractivity contribution is 6.26. The van der Waals surface area contributed by atoms with E-state index >= 15 is 0 Å². The molecule has 9 rings (SSSR count). The van der Waals surface area contributed by atoms with Gasteiger partial charge in [-0.2, -0.15) is 0 Å². The molecule has 9 aromatic rings. The number of para-hydroxylation sites is 1. The van der Waals surface area contributed by atoms with Crippen molar-refractivity contribution in [3.05, 3.63) is 169 Å². The third-order valence-corrected chi connectivity index (χ3v) is 7.88. The number of hydrogen-bond donors (Lipinski definition) is 0. The van der Waals surface area contributed by atoms with E-state index in [1.807, 2.05) is 0 Å². The number of furan rings is 1. The standard InChI is InChI=1S/C44H28O/c1-3-14-29(15-4-1)31-18-13-19-32(28-31)41-34-20-7-9-22-36(34)42(37-23-10-8-21-35(37)41)39-27-26-33(30-16-5-2-6-17-30)44-43(39)38-24-11-12-25-40(38)45-44/h1-28H/i1D,2D,3D,4D,5D,6D,7D,8D,9D,10D,14D,15D,16D,17D,20D,21D,22D,23D. The zero-order valence-electron chi connectivity index (χ0n) is 41.2. The van der Waals surface area contributed by atoms with Crippen LogP contribution in [-0.4, -0.2) is 0 Å². The van der Waals surface area contributed by atoms with Crippen molar-refractivity contribution in [2.75, 3.05) is 0 Å². The van der Waals surface area contributed by atoms with Crippen molar-refractivity contribution in [2.45, 2.75) is 0 Å². The van der Waals surface area contributed by atoms with Crippen LogP contribution in [0, 0.1) is 0 Å². The van der Waals surface area contributed by atoms with Crippen molar-refractivity contribution in [1.82, 2.24) is 0 Å². The molecule has 1 heterocycles. The Balaban J connectivity index is 1.52. The minimum Gasteiger partial charge on any atom is -0.455 e. The molecular formula is C44H28O. The Kier molecular flexibility index (Phi) is 3.08. The lowest BCUT2D eigenvalue weighted by Crippen LogP contribution is -1.92. The van der Waals surface area contributed by atoms with Crippen LogP contribution in [0.2, 0.25) is 0 Å². The maximum absolute atomic E-state index is 9.48. The van der Waals surface area contributed by atoms with E-state index in [2.05, 4.69) is 0 Å². The van der Waals surface area contributed by atoms with E-state index in [1.165, 1.54) is 36.4 Å². The summed E-state index contributed by atoms with van der Waals surface area (Å²) in [5.41, 5.74) is 0.468. The highest BCUT2D eigenvalue weighted by atomic mass is 16.3. The molecule has 0 aliphatic rings. The molecule has 1 heteroatoms. The molecule has 0 amide bonds. The summed E-state index contributed by atoms with van der Waals surface area (Å²) in [5.74, 6) is 0. The average molecular weight is 591 g/mol. The molecule has 0 radical (unpaired) electrons. The average Bonchev–Trinajstić information content (AvgIpc) is 3.68. The topological polar surface area (TPSA) is 13.1 Å². The third-order valence-electron chi connectivity index (χ3n) is 7.88. The minimum absolute atomic E-state index is 0.0330. The van der Waals surface area contributed by atoms with E-state index in [1.54, 1.807) is 24.3 Å². The van der Waals surface area contributed by atoms with E-state index < -0.39 is 109 Å². The van der Waals surface area contributed by atoms with Crippen LogP contribution < -0.4 is 0 Å². The molecule has 0 saturated heterocycles. The van der Waals surface area contributed by atoms with Gasteiger partial charge in [0.05, 0.1) is 24.7 Å². The normalized spacial score (nSPS) is 17.2. The summed E-state index contributed by atoms with van der Waals surface area (Å²) in [6.07, 6.45) is 0. The third kappa shape index (κ3) is 4.09. The van der Waals surface area contributed by atoms with E-state index in [4.69, 9.17) is 23.6 Å². The van der Waals surface area contributed by atoms with Gasteiger partial charge in [0, 0.05) is 16.3 Å². The van der Waals surface area contributed by atoms with Gasteiger partial charge in [-0.3, -0.25) is 0 Å². The van der Waals surface area contributed by atoms with Crippen molar-refractivity contribution >= 4 is 43.5 Å². The lowest BCUT2D eigenvalue weighted by Gasteiger charge is -2.19. The maximum atomic E-state index is 9.48. The van der Waals surface area contributed by atoms with Crippen molar-refractivity contribution in [1.29, 1.82) is 0 Å².